The number of carbonyl (C=O) groups excluding carboxylic acids is 1. The first-order chi connectivity index (χ1) is 14.5. The number of nitrogens with zero attached hydrogens (tertiary/aromatic N) is 2. The average Bonchev–Trinajstić information content (AvgIpc) is 2.80. The lowest BCUT2D eigenvalue weighted by atomic mass is 9.82. The number of hydroxylamine groups is 1. The minimum Gasteiger partial charge on any atom is -0.381 e. The lowest BCUT2D eigenvalue weighted by molar-refractivity contribution is -0.136. The van der Waals surface area contributed by atoms with Gasteiger partial charge in [-0.25, -0.2) is 13.9 Å². The second kappa shape index (κ2) is 10.1. The minimum atomic E-state index is -4.01. The van der Waals surface area contributed by atoms with Crippen molar-refractivity contribution >= 4 is 15.9 Å². The van der Waals surface area contributed by atoms with Crippen LogP contribution in [0.15, 0.2) is 59.8 Å². The van der Waals surface area contributed by atoms with Gasteiger partial charge in [-0.05, 0) is 61.4 Å². The van der Waals surface area contributed by atoms with E-state index >= 15 is 0 Å². The van der Waals surface area contributed by atoms with E-state index in [0.717, 1.165) is 12.8 Å². The molecular weight excluding hydrogens is 406 g/mol. The van der Waals surface area contributed by atoms with Gasteiger partial charge in [0.25, 0.3) is 5.91 Å². The number of rotatable bonds is 8. The number of hydrogen-bond acceptors (Lipinski definition) is 6. The molecule has 0 radical (unpaired) electrons. The van der Waals surface area contributed by atoms with Gasteiger partial charge in [0.05, 0.1) is 11.0 Å². The maximum Gasteiger partial charge on any atom is 0.262 e. The highest BCUT2D eigenvalue weighted by Crippen LogP contribution is 2.34. The molecule has 0 spiro atoms. The number of methoxy groups -OCH3 is 1. The van der Waals surface area contributed by atoms with E-state index in [-0.39, 0.29) is 23.5 Å². The van der Waals surface area contributed by atoms with Gasteiger partial charge in [-0.2, -0.15) is 4.31 Å². The van der Waals surface area contributed by atoms with E-state index in [1.165, 1.54) is 16.4 Å². The number of ether oxygens (including phenoxy) is 1. The molecule has 1 aromatic carbocycles. The van der Waals surface area contributed by atoms with E-state index in [2.05, 4.69) is 4.98 Å². The zero-order valence-corrected chi connectivity index (χ0v) is 17.7. The van der Waals surface area contributed by atoms with E-state index in [1.807, 2.05) is 0 Å². The second-order valence-electron chi connectivity index (χ2n) is 7.41. The van der Waals surface area contributed by atoms with Gasteiger partial charge in [0.15, 0.2) is 0 Å². The standard InChI is InChI=1S/C21H27N3O5S/c1-29-18-9-7-17(8-10-18)20(21(25)23-26)24(15-16-11-13-22-14-12-16)30(27,28)19-5-3-2-4-6-19/h2-6,11-14,17-18,20,26H,7-10,15H2,1H3,(H,23,25). The van der Waals surface area contributed by atoms with E-state index in [9.17, 15) is 18.4 Å². The number of pyridine rings is 1. The van der Waals surface area contributed by atoms with Crippen LogP contribution in [0.25, 0.3) is 0 Å². The Labute approximate surface area is 176 Å². The van der Waals surface area contributed by atoms with Gasteiger partial charge in [0, 0.05) is 26.0 Å². The molecule has 0 aliphatic heterocycles. The number of hydrogen-bond donors (Lipinski definition) is 2. The fourth-order valence-electron chi connectivity index (χ4n) is 4.02. The van der Waals surface area contributed by atoms with Crippen molar-refractivity contribution in [2.45, 2.75) is 49.3 Å². The summed E-state index contributed by atoms with van der Waals surface area (Å²) >= 11 is 0. The van der Waals surface area contributed by atoms with E-state index < -0.39 is 22.0 Å². The first-order valence-electron chi connectivity index (χ1n) is 9.90. The van der Waals surface area contributed by atoms with Crippen LogP contribution in [0.4, 0.5) is 0 Å². The topological polar surface area (TPSA) is 109 Å². The Bertz CT molecular complexity index is 916. The summed E-state index contributed by atoms with van der Waals surface area (Å²) in [4.78, 5) is 16.8. The van der Waals surface area contributed by atoms with Crippen molar-refractivity contribution in [3.8, 4) is 0 Å². The van der Waals surface area contributed by atoms with Crippen LogP contribution in [0, 0.1) is 5.92 Å². The smallest absolute Gasteiger partial charge is 0.262 e. The van der Waals surface area contributed by atoms with Gasteiger partial charge in [0.2, 0.25) is 10.0 Å². The maximum absolute atomic E-state index is 13.6. The third-order valence-electron chi connectivity index (χ3n) is 5.63. The number of aromatic nitrogens is 1. The monoisotopic (exact) mass is 433 g/mol. The molecular formula is C21H27N3O5S. The van der Waals surface area contributed by atoms with Crippen LogP contribution >= 0.6 is 0 Å². The fourth-order valence-corrected chi connectivity index (χ4v) is 5.67. The minimum absolute atomic E-state index is 0.0119. The molecule has 8 nitrogen and oxygen atoms in total. The Morgan fingerprint density at radius 1 is 1.17 bits per heavy atom. The molecule has 1 aliphatic carbocycles. The molecule has 1 atom stereocenters. The molecule has 1 heterocycles. The summed E-state index contributed by atoms with van der Waals surface area (Å²) in [7, 11) is -2.36. The molecule has 2 N–H and O–H groups in total. The zero-order valence-electron chi connectivity index (χ0n) is 16.8. The van der Waals surface area contributed by atoms with Crippen molar-refractivity contribution in [3.05, 3.63) is 60.4 Å². The van der Waals surface area contributed by atoms with Crippen molar-refractivity contribution in [1.29, 1.82) is 0 Å². The molecule has 30 heavy (non-hydrogen) atoms. The third kappa shape index (κ3) is 5.04. The van der Waals surface area contributed by atoms with Crippen molar-refractivity contribution < 1.29 is 23.2 Å². The van der Waals surface area contributed by atoms with Crippen molar-refractivity contribution in [2.24, 2.45) is 5.92 Å². The molecule has 1 aliphatic rings. The SMILES string of the molecule is COC1CCC(C(C(=O)NO)N(Cc2ccncc2)S(=O)(=O)c2ccccc2)CC1. The van der Waals surface area contributed by atoms with Gasteiger partial charge in [0.1, 0.15) is 6.04 Å². The maximum atomic E-state index is 13.6. The number of benzene rings is 1. The Morgan fingerprint density at radius 3 is 2.37 bits per heavy atom. The predicted molar refractivity (Wildman–Crippen MR) is 110 cm³/mol. The second-order valence-corrected chi connectivity index (χ2v) is 9.30. The Kier molecular flexibility index (Phi) is 7.54. The molecule has 1 amide bonds. The molecule has 1 aromatic heterocycles. The van der Waals surface area contributed by atoms with Crippen LogP contribution in [-0.2, 0) is 26.1 Å². The third-order valence-corrected chi connectivity index (χ3v) is 7.47. The van der Waals surface area contributed by atoms with Gasteiger partial charge in [-0.15, -0.1) is 0 Å². The molecule has 9 heteroatoms. The Balaban J connectivity index is 2.02. The van der Waals surface area contributed by atoms with Crippen LogP contribution in [0.5, 0.6) is 0 Å². The zero-order chi connectivity index (χ0) is 21.6. The van der Waals surface area contributed by atoms with Gasteiger partial charge in [-0.3, -0.25) is 15.0 Å². The molecule has 1 saturated carbocycles. The Morgan fingerprint density at radius 2 is 1.80 bits per heavy atom. The Hall–Kier alpha value is -2.33. The van der Waals surface area contributed by atoms with Crippen molar-refractivity contribution in [3.63, 3.8) is 0 Å². The predicted octanol–water partition coefficient (Wildman–Crippen LogP) is 2.35. The number of amides is 1. The van der Waals surface area contributed by atoms with Crippen LogP contribution < -0.4 is 5.48 Å². The van der Waals surface area contributed by atoms with E-state index in [4.69, 9.17) is 4.74 Å². The summed E-state index contributed by atoms with van der Waals surface area (Å²) in [6, 6.07) is 10.4. The van der Waals surface area contributed by atoms with E-state index in [1.54, 1.807) is 55.3 Å². The summed E-state index contributed by atoms with van der Waals surface area (Å²) in [5.74, 6) is -0.978. The summed E-state index contributed by atoms with van der Waals surface area (Å²) in [5, 5.41) is 9.43. The largest absolute Gasteiger partial charge is 0.381 e. The quantitative estimate of drug-likeness (QED) is 0.489. The molecule has 3 rings (SSSR count). The summed E-state index contributed by atoms with van der Waals surface area (Å²) in [5.41, 5.74) is 2.39. The summed E-state index contributed by atoms with van der Waals surface area (Å²) in [6.07, 6.45) is 5.94. The van der Waals surface area contributed by atoms with Gasteiger partial charge in [-0.1, -0.05) is 18.2 Å². The van der Waals surface area contributed by atoms with E-state index in [0.29, 0.717) is 18.4 Å². The first-order valence-corrected chi connectivity index (χ1v) is 11.3. The van der Waals surface area contributed by atoms with Gasteiger partial charge < -0.3 is 4.74 Å². The fraction of sp³-hybridized carbons (Fsp3) is 0.429. The van der Waals surface area contributed by atoms with Crippen molar-refractivity contribution in [2.75, 3.05) is 7.11 Å². The molecule has 162 valence electrons. The summed E-state index contributed by atoms with van der Waals surface area (Å²) in [6.45, 7) is -0.0119. The van der Waals surface area contributed by atoms with Crippen molar-refractivity contribution in [1.82, 2.24) is 14.8 Å². The first kappa shape index (κ1) is 22.4. The highest BCUT2D eigenvalue weighted by molar-refractivity contribution is 7.89. The molecule has 1 fully saturated rings. The van der Waals surface area contributed by atoms with Crippen LogP contribution in [0.3, 0.4) is 0 Å². The number of nitrogens with one attached hydrogen (secondary N) is 1. The number of sulfonamides is 1. The lowest BCUT2D eigenvalue weighted by Gasteiger charge is -2.38. The van der Waals surface area contributed by atoms with Crippen LogP contribution in [-0.4, -0.2) is 48.1 Å². The average molecular weight is 434 g/mol. The number of carbonyl (C=O) groups is 1. The highest BCUT2D eigenvalue weighted by Gasteiger charge is 2.42. The molecule has 0 bridgehead atoms. The normalized spacial score (nSPS) is 20.6. The lowest BCUT2D eigenvalue weighted by Crippen LogP contribution is -2.53. The molecule has 1 unspecified atom stereocenters. The van der Waals surface area contributed by atoms with Gasteiger partial charge >= 0.3 is 0 Å². The summed E-state index contributed by atoms with van der Waals surface area (Å²) < 4.78 is 33.8. The van der Waals surface area contributed by atoms with Crippen LogP contribution in [0.2, 0.25) is 0 Å². The van der Waals surface area contributed by atoms with Crippen LogP contribution in [0.1, 0.15) is 31.2 Å². The highest BCUT2D eigenvalue weighted by atomic mass is 32.2. The molecule has 0 saturated heterocycles. The molecule has 2 aromatic rings.